The lowest BCUT2D eigenvalue weighted by atomic mass is 9.66. The van der Waals surface area contributed by atoms with Crippen molar-refractivity contribution in [3.63, 3.8) is 0 Å². The van der Waals surface area contributed by atoms with E-state index < -0.39 is 0 Å². The highest BCUT2D eigenvalue weighted by molar-refractivity contribution is 5.89. The molecule has 3 aromatic rings. The van der Waals surface area contributed by atoms with E-state index in [1.54, 1.807) is 29.1 Å². The molecule has 1 fully saturated rings. The number of aromatic nitrogens is 3. The molecule has 2 atom stereocenters. The molecule has 6 nitrogen and oxygen atoms in total. The van der Waals surface area contributed by atoms with Crippen LogP contribution in [0.3, 0.4) is 0 Å². The Morgan fingerprint density at radius 2 is 2.00 bits per heavy atom. The number of pyridine rings is 1. The van der Waals surface area contributed by atoms with Gasteiger partial charge in [0.1, 0.15) is 12.4 Å². The number of nitrogens with zero attached hydrogens (tertiary/aromatic N) is 3. The standard InChI is InChI=1S/C20H21N3O3/c1-20(2)16(25-12-14-6-4-3-5-7-14)10-17(20)26-19(24)15-8-9-18-22-21-13-23(18)11-15/h3-9,11,13,16-17H,10,12H2,1-2H3/t16-,17+/m0/s1. The van der Waals surface area contributed by atoms with Crippen molar-refractivity contribution in [3.05, 3.63) is 66.1 Å². The summed E-state index contributed by atoms with van der Waals surface area (Å²) in [7, 11) is 0. The molecule has 0 amide bonds. The SMILES string of the molecule is CC1(C)[C@@H](OCc2ccccc2)C[C@H]1OC(=O)c1ccc2nncn2c1. The van der Waals surface area contributed by atoms with Crippen molar-refractivity contribution in [3.8, 4) is 0 Å². The second-order valence-corrected chi connectivity index (χ2v) is 7.25. The van der Waals surface area contributed by atoms with Gasteiger partial charge in [0.2, 0.25) is 0 Å². The lowest BCUT2D eigenvalue weighted by Gasteiger charge is -2.50. The molecule has 6 heteroatoms. The molecular weight excluding hydrogens is 330 g/mol. The van der Waals surface area contributed by atoms with Crippen LogP contribution < -0.4 is 0 Å². The quantitative estimate of drug-likeness (QED) is 0.660. The van der Waals surface area contributed by atoms with E-state index in [1.807, 2.05) is 30.3 Å². The van der Waals surface area contributed by atoms with Crippen LogP contribution in [0.15, 0.2) is 55.0 Å². The topological polar surface area (TPSA) is 65.7 Å². The summed E-state index contributed by atoms with van der Waals surface area (Å²) in [5.74, 6) is -0.333. The Kier molecular flexibility index (Phi) is 4.20. The zero-order chi connectivity index (χ0) is 18.1. The van der Waals surface area contributed by atoms with Gasteiger partial charge in [0.25, 0.3) is 0 Å². The summed E-state index contributed by atoms with van der Waals surface area (Å²) in [5, 5.41) is 7.74. The number of ether oxygens (including phenoxy) is 2. The fourth-order valence-corrected chi connectivity index (χ4v) is 3.25. The maximum Gasteiger partial charge on any atom is 0.339 e. The van der Waals surface area contributed by atoms with Gasteiger partial charge >= 0.3 is 5.97 Å². The van der Waals surface area contributed by atoms with E-state index >= 15 is 0 Å². The average Bonchev–Trinajstić information content (AvgIpc) is 3.12. The Balaban J connectivity index is 1.36. The molecule has 1 aromatic carbocycles. The fraction of sp³-hybridized carbons (Fsp3) is 0.350. The molecule has 0 radical (unpaired) electrons. The second-order valence-electron chi connectivity index (χ2n) is 7.25. The van der Waals surface area contributed by atoms with Gasteiger partial charge in [-0.2, -0.15) is 0 Å². The smallest absolute Gasteiger partial charge is 0.339 e. The first kappa shape index (κ1) is 16.7. The molecule has 0 spiro atoms. The molecule has 0 bridgehead atoms. The highest BCUT2D eigenvalue weighted by Crippen LogP contribution is 2.45. The molecule has 1 saturated carbocycles. The third-order valence-electron chi connectivity index (χ3n) is 5.16. The predicted octanol–water partition coefficient (Wildman–Crippen LogP) is 3.27. The van der Waals surface area contributed by atoms with E-state index in [2.05, 4.69) is 24.0 Å². The molecule has 0 unspecified atom stereocenters. The Hall–Kier alpha value is -2.73. The van der Waals surface area contributed by atoms with Gasteiger partial charge < -0.3 is 9.47 Å². The van der Waals surface area contributed by atoms with Crippen LogP contribution in [0.5, 0.6) is 0 Å². The lowest BCUT2D eigenvalue weighted by Crippen LogP contribution is -2.56. The highest BCUT2D eigenvalue weighted by Gasteiger charge is 2.51. The summed E-state index contributed by atoms with van der Waals surface area (Å²) in [6.45, 7) is 4.72. The first-order valence-electron chi connectivity index (χ1n) is 8.70. The summed E-state index contributed by atoms with van der Waals surface area (Å²) < 4.78 is 13.5. The Bertz CT molecular complexity index is 920. The Morgan fingerprint density at radius 3 is 2.77 bits per heavy atom. The molecule has 4 rings (SSSR count). The minimum Gasteiger partial charge on any atom is -0.458 e. The number of rotatable bonds is 5. The monoisotopic (exact) mass is 351 g/mol. The fourth-order valence-electron chi connectivity index (χ4n) is 3.25. The van der Waals surface area contributed by atoms with E-state index in [9.17, 15) is 4.79 Å². The van der Waals surface area contributed by atoms with Gasteiger partial charge in [-0.1, -0.05) is 44.2 Å². The minimum atomic E-state index is -0.333. The van der Waals surface area contributed by atoms with E-state index in [0.29, 0.717) is 24.2 Å². The maximum absolute atomic E-state index is 12.5. The zero-order valence-corrected chi connectivity index (χ0v) is 14.8. The van der Waals surface area contributed by atoms with Crippen LogP contribution in [-0.2, 0) is 16.1 Å². The Labute approximate surface area is 151 Å². The number of carbonyl (C=O) groups excluding carboxylic acids is 1. The summed E-state index contributed by atoms with van der Waals surface area (Å²) in [6, 6.07) is 13.5. The van der Waals surface area contributed by atoms with Crippen molar-refractivity contribution in [2.75, 3.05) is 0 Å². The summed E-state index contributed by atoms with van der Waals surface area (Å²) in [5.41, 5.74) is 2.11. The largest absolute Gasteiger partial charge is 0.458 e. The molecule has 0 N–H and O–H groups in total. The predicted molar refractivity (Wildman–Crippen MR) is 95.6 cm³/mol. The average molecular weight is 351 g/mol. The van der Waals surface area contributed by atoms with Gasteiger partial charge in [-0.15, -0.1) is 10.2 Å². The number of fused-ring (bicyclic) bond motifs is 1. The van der Waals surface area contributed by atoms with Crippen molar-refractivity contribution in [2.45, 2.75) is 39.1 Å². The molecule has 1 aliphatic carbocycles. The van der Waals surface area contributed by atoms with E-state index in [0.717, 1.165) is 5.56 Å². The molecule has 2 heterocycles. The third-order valence-corrected chi connectivity index (χ3v) is 5.16. The summed E-state index contributed by atoms with van der Waals surface area (Å²) >= 11 is 0. The van der Waals surface area contributed by atoms with Gasteiger partial charge in [-0.3, -0.25) is 4.40 Å². The van der Waals surface area contributed by atoms with E-state index in [1.165, 1.54) is 0 Å². The van der Waals surface area contributed by atoms with Gasteiger partial charge in [0.05, 0.1) is 18.3 Å². The molecule has 0 saturated heterocycles. The summed E-state index contributed by atoms with van der Waals surface area (Å²) in [4.78, 5) is 12.5. The van der Waals surface area contributed by atoms with Gasteiger partial charge in [0.15, 0.2) is 5.65 Å². The van der Waals surface area contributed by atoms with Crippen LogP contribution in [0.2, 0.25) is 0 Å². The minimum absolute atomic E-state index is 0.0702. The number of benzene rings is 1. The first-order chi connectivity index (χ1) is 12.5. The van der Waals surface area contributed by atoms with Crippen molar-refractivity contribution in [1.82, 2.24) is 14.6 Å². The van der Waals surface area contributed by atoms with Gasteiger partial charge in [-0.25, -0.2) is 4.79 Å². The zero-order valence-electron chi connectivity index (χ0n) is 14.8. The Morgan fingerprint density at radius 1 is 1.19 bits per heavy atom. The maximum atomic E-state index is 12.5. The third kappa shape index (κ3) is 3.08. The summed E-state index contributed by atoms with van der Waals surface area (Å²) in [6.07, 6.45) is 3.87. The van der Waals surface area contributed by atoms with Crippen LogP contribution in [0, 0.1) is 5.41 Å². The van der Waals surface area contributed by atoms with Crippen molar-refractivity contribution < 1.29 is 14.3 Å². The molecule has 2 aromatic heterocycles. The van der Waals surface area contributed by atoms with Gasteiger partial charge in [0, 0.05) is 18.0 Å². The van der Waals surface area contributed by atoms with E-state index in [-0.39, 0.29) is 23.6 Å². The van der Waals surface area contributed by atoms with Crippen LogP contribution >= 0.6 is 0 Å². The molecular formula is C20H21N3O3. The number of hydrogen-bond donors (Lipinski definition) is 0. The van der Waals surface area contributed by atoms with Crippen molar-refractivity contribution >= 4 is 11.6 Å². The molecule has 1 aliphatic rings. The van der Waals surface area contributed by atoms with Crippen LogP contribution in [0.25, 0.3) is 5.65 Å². The van der Waals surface area contributed by atoms with Crippen molar-refractivity contribution in [1.29, 1.82) is 0 Å². The van der Waals surface area contributed by atoms with Crippen LogP contribution in [-0.4, -0.2) is 32.8 Å². The van der Waals surface area contributed by atoms with Gasteiger partial charge in [-0.05, 0) is 17.7 Å². The number of carbonyl (C=O) groups is 1. The first-order valence-corrected chi connectivity index (χ1v) is 8.70. The number of esters is 1. The highest BCUT2D eigenvalue weighted by atomic mass is 16.6. The molecule has 134 valence electrons. The molecule has 26 heavy (non-hydrogen) atoms. The van der Waals surface area contributed by atoms with E-state index in [4.69, 9.17) is 9.47 Å². The van der Waals surface area contributed by atoms with Crippen molar-refractivity contribution in [2.24, 2.45) is 5.41 Å². The normalized spacial score (nSPS) is 21.3. The number of hydrogen-bond acceptors (Lipinski definition) is 5. The lowest BCUT2D eigenvalue weighted by molar-refractivity contribution is -0.181. The molecule has 0 aliphatic heterocycles. The van der Waals surface area contributed by atoms with Crippen LogP contribution in [0.1, 0.15) is 36.2 Å². The second kappa shape index (κ2) is 6.53. The van der Waals surface area contributed by atoms with Crippen LogP contribution in [0.4, 0.5) is 0 Å².